The maximum absolute atomic E-state index is 5.95. The van der Waals surface area contributed by atoms with Gasteiger partial charge < -0.3 is 4.57 Å². The van der Waals surface area contributed by atoms with Crippen molar-refractivity contribution >= 4 is 34.4 Å². The maximum atomic E-state index is 5.95. The Bertz CT molecular complexity index is 719. The molecular weight excluding hydrogens is 288 g/mol. The van der Waals surface area contributed by atoms with Crippen molar-refractivity contribution in [1.29, 1.82) is 0 Å². The molecule has 0 spiro atoms. The number of hydrogen-bond donors (Lipinski definition) is 0. The van der Waals surface area contributed by atoms with Crippen molar-refractivity contribution in [2.45, 2.75) is 18.6 Å². The maximum Gasteiger partial charge on any atom is 0.169 e. The van der Waals surface area contributed by atoms with Crippen LogP contribution < -0.4 is 0 Å². The number of rotatable bonds is 4. The van der Waals surface area contributed by atoms with Crippen LogP contribution in [0.25, 0.3) is 11.0 Å². The van der Waals surface area contributed by atoms with E-state index in [9.17, 15) is 0 Å². The second kappa shape index (κ2) is 5.90. The van der Waals surface area contributed by atoms with Gasteiger partial charge in [-0.25, -0.2) is 4.98 Å². The molecule has 3 rings (SSSR count). The van der Waals surface area contributed by atoms with Crippen LogP contribution in [0.1, 0.15) is 12.5 Å². The molecule has 0 aliphatic carbocycles. The standard InChI is InChI=1S/C16H15ClN2S/c1-2-20-16-18-14-5-3-4-6-15(14)19(16)11-12-7-9-13(17)10-8-12/h3-10H,2,11H2,1H3. The Morgan fingerprint density at radius 2 is 1.85 bits per heavy atom. The molecule has 0 aliphatic heterocycles. The normalized spacial score (nSPS) is 11.1. The monoisotopic (exact) mass is 302 g/mol. The molecule has 0 bridgehead atoms. The van der Waals surface area contributed by atoms with Crippen LogP contribution in [0.3, 0.4) is 0 Å². The zero-order chi connectivity index (χ0) is 13.9. The van der Waals surface area contributed by atoms with E-state index in [4.69, 9.17) is 16.6 Å². The van der Waals surface area contributed by atoms with Gasteiger partial charge >= 0.3 is 0 Å². The van der Waals surface area contributed by atoms with Crippen LogP contribution in [0.5, 0.6) is 0 Å². The van der Waals surface area contributed by atoms with Crippen LogP contribution in [-0.4, -0.2) is 15.3 Å². The Morgan fingerprint density at radius 1 is 1.10 bits per heavy atom. The Labute approximate surface area is 127 Å². The Hall–Kier alpha value is -1.45. The Balaban J connectivity index is 2.04. The minimum absolute atomic E-state index is 0.771. The molecule has 3 aromatic rings. The minimum atomic E-state index is 0.771. The van der Waals surface area contributed by atoms with Crippen molar-refractivity contribution in [2.24, 2.45) is 0 Å². The van der Waals surface area contributed by atoms with Gasteiger partial charge in [0, 0.05) is 5.02 Å². The summed E-state index contributed by atoms with van der Waals surface area (Å²) >= 11 is 7.72. The summed E-state index contributed by atoms with van der Waals surface area (Å²) < 4.78 is 2.27. The third-order valence-electron chi connectivity index (χ3n) is 3.15. The summed E-state index contributed by atoms with van der Waals surface area (Å²) in [6.07, 6.45) is 0. The number of aromatic nitrogens is 2. The van der Waals surface area contributed by atoms with Gasteiger partial charge in [0.25, 0.3) is 0 Å². The molecule has 2 aromatic carbocycles. The van der Waals surface area contributed by atoms with Crippen molar-refractivity contribution in [1.82, 2.24) is 9.55 Å². The molecule has 4 heteroatoms. The molecule has 0 amide bonds. The highest BCUT2D eigenvalue weighted by molar-refractivity contribution is 7.99. The third kappa shape index (κ3) is 2.69. The minimum Gasteiger partial charge on any atom is -0.314 e. The third-order valence-corrected chi connectivity index (χ3v) is 4.26. The highest BCUT2D eigenvalue weighted by Gasteiger charge is 2.10. The van der Waals surface area contributed by atoms with Crippen molar-refractivity contribution in [3.63, 3.8) is 0 Å². The molecule has 0 N–H and O–H groups in total. The summed E-state index contributed by atoms with van der Waals surface area (Å²) in [6.45, 7) is 2.97. The summed E-state index contributed by atoms with van der Waals surface area (Å²) in [6, 6.07) is 16.3. The summed E-state index contributed by atoms with van der Waals surface area (Å²) in [5, 5.41) is 1.84. The zero-order valence-corrected chi connectivity index (χ0v) is 12.8. The number of fused-ring (bicyclic) bond motifs is 1. The summed E-state index contributed by atoms with van der Waals surface area (Å²) in [5.41, 5.74) is 3.46. The summed E-state index contributed by atoms with van der Waals surface area (Å²) in [7, 11) is 0. The largest absolute Gasteiger partial charge is 0.314 e. The lowest BCUT2D eigenvalue weighted by molar-refractivity contribution is 0.731. The number of imidazole rings is 1. The molecule has 0 atom stereocenters. The number of hydrogen-bond acceptors (Lipinski definition) is 2. The van der Waals surface area contributed by atoms with E-state index in [0.29, 0.717) is 0 Å². The lowest BCUT2D eigenvalue weighted by atomic mass is 10.2. The smallest absolute Gasteiger partial charge is 0.169 e. The number of halogens is 1. The summed E-state index contributed by atoms with van der Waals surface area (Å²) in [5.74, 6) is 1.02. The van der Waals surface area contributed by atoms with E-state index < -0.39 is 0 Å². The van der Waals surface area contributed by atoms with Gasteiger partial charge in [-0.15, -0.1) is 0 Å². The predicted octanol–water partition coefficient (Wildman–Crippen LogP) is 4.85. The van der Waals surface area contributed by atoms with Gasteiger partial charge in [-0.3, -0.25) is 0 Å². The molecule has 0 unspecified atom stereocenters. The van der Waals surface area contributed by atoms with Gasteiger partial charge in [0.1, 0.15) is 0 Å². The number of thioether (sulfide) groups is 1. The molecule has 102 valence electrons. The van der Waals surface area contributed by atoms with Gasteiger partial charge in [0.15, 0.2) is 5.16 Å². The molecule has 2 nitrogen and oxygen atoms in total. The average molecular weight is 303 g/mol. The van der Waals surface area contributed by atoms with Crippen LogP contribution in [0, 0.1) is 0 Å². The molecule has 0 fully saturated rings. The first-order valence-electron chi connectivity index (χ1n) is 6.60. The van der Waals surface area contributed by atoms with Crippen molar-refractivity contribution in [2.75, 3.05) is 5.75 Å². The molecule has 0 radical (unpaired) electrons. The fourth-order valence-electron chi connectivity index (χ4n) is 2.22. The average Bonchev–Trinajstić information content (AvgIpc) is 2.80. The highest BCUT2D eigenvalue weighted by atomic mass is 35.5. The Kier molecular flexibility index (Phi) is 3.99. The first-order chi connectivity index (χ1) is 9.78. The van der Waals surface area contributed by atoms with E-state index in [2.05, 4.69) is 41.8 Å². The molecular formula is C16H15ClN2S. The molecule has 0 saturated heterocycles. The van der Waals surface area contributed by atoms with Crippen LogP contribution in [0.15, 0.2) is 53.7 Å². The van der Waals surface area contributed by atoms with E-state index in [-0.39, 0.29) is 0 Å². The molecule has 20 heavy (non-hydrogen) atoms. The van der Waals surface area contributed by atoms with E-state index in [0.717, 1.165) is 28.0 Å². The van der Waals surface area contributed by atoms with Crippen LogP contribution in [0.4, 0.5) is 0 Å². The highest BCUT2D eigenvalue weighted by Crippen LogP contribution is 2.25. The lowest BCUT2D eigenvalue weighted by Gasteiger charge is -2.08. The Morgan fingerprint density at radius 3 is 2.60 bits per heavy atom. The van der Waals surface area contributed by atoms with Gasteiger partial charge in [-0.05, 0) is 35.6 Å². The fraction of sp³-hybridized carbons (Fsp3) is 0.188. The van der Waals surface area contributed by atoms with Crippen molar-refractivity contribution < 1.29 is 0 Å². The summed E-state index contributed by atoms with van der Waals surface area (Å²) in [4.78, 5) is 4.72. The molecule has 0 saturated carbocycles. The first-order valence-corrected chi connectivity index (χ1v) is 7.97. The molecule has 0 aliphatic rings. The van der Waals surface area contributed by atoms with Crippen LogP contribution in [0.2, 0.25) is 5.02 Å². The first kappa shape index (κ1) is 13.5. The second-order valence-electron chi connectivity index (χ2n) is 4.53. The SMILES string of the molecule is CCSc1nc2ccccc2n1Cc1ccc(Cl)cc1. The topological polar surface area (TPSA) is 17.8 Å². The number of nitrogens with zero attached hydrogens (tertiary/aromatic N) is 2. The number of para-hydroxylation sites is 2. The van der Waals surface area contributed by atoms with Gasteiger partial charge in [0.2, 0.25) is 0 Å². The molecule has 1 heterocycles. The quantitative estimate of drug-likeness (QED) is 0.641. The lowest BCUT2D eigenvalue weighted by Crippen LogP contribution is -2.01. The fourth-order valence-corrected chi connectivity index (χ4v) is 3.08. The van der Waals surface area contributed by atoms with Gasteiger partial charge in [0.05, 0.1) is 17.6 Å². The number of benzene rings is 2. The second-order valence-corrected chi connectivity index (χ2v) is 6.20. The van der Waals surface area contributed by atoms with Gasteiger partial charge in [-0.2, -0.15) is 0 Å². The predicted molar refractivity (Wildman–Crippen MR) is 86.7 cm³/mol. The van der Waals surface area contributed by atoms with Crippen molar-refractivity contribution in [3.8, 4) is 0 Å². The van der Waals surface area contributed by atoms with Gasteiger partial charge in [-0.1, -0.05) is 54.6 Å². The zero-order valence-electron chi connectivity index (χ0n) is 11.2. The van der Waals surface area contributed by atoms with E-state index in [1.165, 1.54) is 11.1 Å². The van der Waals surface area contributed by atoms with E-state index >= 15 is 0 Å². The van der Waals surface area contributed by atoms with E-state index in [1.807, 2.05) is 18.2 Å². The van der Waals surface area contributed by atoms with E-state index in [1.54, 1.807) is 11.8 Å². The van der Waals surface area contributed by atoms with Crippen molar-refractivity contribution in [3.05, 3.63) is 59.1 Å². The van der Waals surface area contributed by atoms with Crippen LogP contribution >= 0.6 is 23.4 Å². The molecule has 1 aromatic heterocycles. The van der Waals surface area contributed by atoms with Crippen LogP contribution in [-0.2, 0) is 6.54 Å².